The molecule has 2 rings (SSSR count). The maximum Gasteiger partial charge on any atom is 0.423 e. The summed E-state index contributed by atoms with van der Waals surface area (Å²) in [5.74, 6) is 0. The van der Waals surface area contributed by atoms with E-state index in [9.17, 15) is 23.3 Å². The molecule has 2 aromatic rings. The second-order valence-corrected chi connectivity index (χ2v) is 3.34. The molecule has 1 aromatic carbocycles. The van der Waals surface area contributed by atoms with Crippen LogP contribution in [0.1, 0.15) is 5.56 Å². The third-order valence-electron chi connectivity index (χ3n) is 2.21. The number of H-pyrrole nitrogens is 1. The van der Waals surface area contributed by atoms with Gasteiger partial charge in [0.25, 0.3) is 5.69 Å². The topological polar surface area (TPSA) is 84.7 Å². The number of benzene rings is 1. The van der Waals surface area contributed by atoms with Crippen molar-refractivity contribution in [3.8, 4) is 11.3 Å². The van der Waals surface area contributed by atoms with Gasteiger partial charge in [-0.15, -0.1) is 0 Å². The number of aromatic nitrogens is 3. The quantitative estimate of drug-likeness (QED) is 0.662. The van der Waals surface area contributed by atoms with Crippen molar-refractivity contribution in [2.75, 3.05) is 0 Å². The van der Waals surface area contributed by atoms with Gasteiger partial charge in [0.15, 0.2) is 0 Å². The van der Waals surface area contributed by atoms with Crippen molar-refractivity contribution in [2.24, 2.45) is 0 Å². The Morgan fingerprint density at radius 2 is 2.06 bits per heavy atom. The predicted molar refractivity (Wildman–Crippen MR) is 53.5 cm³/mol. The van der Waals surface area contributed by atoms with Crippen LogP contribution >= 0.6 is 0 Å². The molecule has 0 bridgehead atoms. The fraction of sp³-hybridized carbons (Fsp3) is 0.111. The van der Waals surface area contributed by atoms with Gasteiger partial charge in [-0.25, -0.2) is 0 Å². The van der Waals surface area contributed by atoms with Crippen LogP contribution in [-0.2, 0) is 6.18 Å². The van der Waals surface area contributed by atoms with E-state index in [0.717, 1.165) is 6.07 Å². The monoisotopic (exact) mass is 258 g/mol. The van der Waals surface area contributed by atoms with Gasteiger partial charge in [-0.2, -0.15) is 28.6 Å². The molecule has 0 atom stereocenters. The van der Waals surface area contributed by atoms with E-state index in [1.807, 2.05) is 0 Å². The molecule has 9 heteroatoms. The van der Waals surface area contributed by atoms with Gasteiger partial charge < -0.3 is 0 Å². The highest BCUT2D eigenvalue weighted by Crippen LogP contribution is 2.37. The first-order valence-electron chi connectivity index (χ1n) is 4.61. The Morgan fingerprint density at radius 3 is 2.56 bits per heavy atom. The van der Waals surface area contributed by atoms with Gasteiger partial charge >= 0.3 is 6.18 Å². The Hall–Kier alpha value is -2.45. The molecular formula is C9H5F3N4O2. The third kappa shape index (κ3) is 2.14. The first-order chi connectivity index (χ1) is 8.39. The Bertz CT molecular complexity index is 580. The fourth-order valence-corrected chi connectivity index (χ4v) is 1.42. The number of alkyl halides is 3. The summed E-state index contributed by atoms with van der Waals surface area (Å²) in [6, 6.07) is 2.66. The second-order valence-electron chi connectivity index (χ2n) is 3.34. The molecule has 1 N–H and O–H groups in total. The molecule has 0 aliphatic carbocycles. The van der Waals surface area contributed by atoms with Gasteiger partial charge in [-0.3, -0.25) is 10.1 Å². The van der Waals surface area contributed by atoms with Crippen LogP contribution in [-0.4, -0.2) is 20.3 Å². The maximum atomic E-state index is 12.7. The number of hydrogen-bond acceptors (Lipinski definition) is 4. The highest BCUT2D eigenvalue weighted by molar-refractivity contribution is 5.62. The van der Waals surface area contributed by atoms with Gasteiger partial charge in [0, 0.05) is 11.6 Å². The Labute approximate surface area is 97.6 Å². The van der Waals surface area contributed by atoms with E-state index in [0.29, 0.717) is 6.07 Å². The zero-order chi connectivity index (χ0) is 13.3. The molecular weight excluding hydrogens is 253 g/mol. The van der Waals surface area contributed by atoms with Crippen molar-refractivity contribution in [2.45, 2.75) is 6.18 Å². The summed E-state index contributed by atoms with van der Waals surface area (Å²) >= 11 is 0. The summed E-state index contributed by atoms with van der Waals surface area (Å²) in [6.45, 7) is 0. The minimum absolute atomic E-state index is 0.0988. The number of nitrogens with one attached hydrogen (secondary N) is 1. The first kappa shape index (κ1) is 12.0. The normalized spacial score (nSPS) is 11.5. The Morgan fingerprint density at radius 1 is 1.33 bits per heavy atom. The van der Waals surface area contributed by atoms with Gasteiger partial charge in [0.2, 0.25) is 0 Å². The van der Waals surface area contributed by atoms with Crippen LogP contribution in [0.25, 0.3) is 11.3 Å². The van der Waals surface area contributed by atoms with E-state index in [-0.39, 0.29) is 11.3 Å². The highest BCUT2D eigenvalue weighted by Gasteiger charge is 2.38. The van der Waals surface area contributed by atoms with Gasteiger partial charge in [-0.05, 0) is 12.1 Å². The summed E-state index contributed by atoms with van der Waals surface area (Å²) in [7, 11) is 0. The first-order valence-corrected chi connectivity index (χ1v) is 4.61. The lowest BCUT2D eigenvalue weighted by Gasteiger charge is -2.08. The number of rotatable bonds is 2. The van der Waals surface area contributed by atoms with Crippen molar-refractivity contribution in [3.63, 3.8) is 0 Å². The lowest BCUT2D eigenvalue weighted by molar-refractivity contribution is -0.388. The standard InChI is InChI=1S/C9H5F3N4O2/c10-9(11,12)6-3-5(7-4-13-15-14-7)1-2-8(6)16(17)18/h1-4H,(H,13,14,15). The number of nitro groups is 1. The number of aromatic amines is 1. The summed E-state index contributed by atoms with van der Waals surface area (Å²) in [6.07, 6.45) is -3.58. The smallest absolute Gasteiger partial charge is 0.258 e. The van der Waals surface area contributed by atoms with E-state index >= 15 is 0 Å². The summed E-state index contributed by atoms with van der Waals surface area (Å²) in [4.78, 5) is 9.46. The molecule has 0 fully saturated rings. The van der Waals surface area contributed by atoms with Crippen molar-refractivity contribution in [3.05, 3.63) is 40.1 Å². The van der Waals surface area contributed by atoms with Crippen LogP contribution < -0.4 is 0 Å². The third-order valence-corrected chi connectivity index (χ3v) is 2.21. The highest BCUT2D eigenvalue weighted by atomic mass is 19.4. The van der Waals surface area contributed by atoms with Crippen LogP contribution in [0.4, 0.5) is 18.9 Å². The molecule has 0 radical (unpaired) electrons. The molecule has 6 nitrogen and oxygen atoms in total. The van der Waals surface area contributed by atoms with E-state index in [4.69, 9.17) is 0 Å². The molecule has 0 saturated carbocycles. The lowest BCUT2D eigenvalue weighted by Crippen LogP contribution is -2.09. The molecule has 0 aliphatic heterocycles. The molecule has 0 aliphatic rings. The maximum absolute atomic E-state index is 12.7. The fourth-order valence-electron chi connectivity index (χ4n) is 1.42. The zero-order valence-corrected chi connectivity index (χ0v) is 8.60. The van der Waals surface area contributed by atoms with Crippen molar-refractivity contribution >= 4 is 5.69 Å². The molecule has 0 saturated heterocycles. The largest absolute Gasteiger partial charge is 0.423 e. The van der Waals surface area contributed by atoms with E-state index in [2.05, 4.69) is 15.4 Å². The second kappa shape index (κ2) is 4.09. The van der Waals surface area contributed by atoms with Gasteiger partial charge in [0.05, 0.1) is 11.1 Å². The van der Waals surface area contributed by atoms with Crippen LogP contribution in [0.2, 0.25) is 0 Å². The average molecular weight is 258 g/mol. The molecule has 0 unspecified atom stereocenters. The SMILES string of the molecule is O=[N+]([O-])c1ccc(-c2cn[nH]n2)cc1C(F)(F)F. The van der Waals surface area contributed by atoms with Gasteiger partial charge in [0.1, 0.15) is 11.3 Å². The minimum Gasteiger partial charge on any atom is -0.258 e. The predicted octanol–water partition coefficient (Wildman–Crippen LogP) is 2.40. The molecule has 18 heavy (non-hydrogen) atoms. The van der Waals surface area contributed by atoms with Crippen molar-refractivity contribution in [1.29, 1.82) is 0 Å². The van der Waals surface area contributed by atoms with Crippen LogP contribution in [0.5, 0.6) is 0 Å². The summed E-state index contributed by atoms with van der Waals surface area (Å²) in [5.41, 5.74) is -2.03. The summed E-state index contributed by atoms with van der Waals surface area (Å²) in [5, 5.41) is 19.9. The molecule has 1 heterocycles. The number of halogens is 3. The molecule has 94 valence electrons. The van der Waals surface area contributed by atoms with Crippen LogP contribution in [0.15, 0.2) is 24.4 Å². The van der Waals surface area contributed by atoms with E-state index < -0.39 is 22.4 Å². The Kier molecular flexibility index (Phi) is 2.73. The van der Waals surface area contributed by atoms with Crippen molar-refractivity contribution in [1.82, 2.24) is 15.4 Å². The minimum atomic E-state index is -4.80. The van der Waals surface area contributed by atoms with Crippen LogP contribution in [0.3, 0.4) is 0 Å². The average Bonchev–Trinajstić information content (AvgIpc) is 2.80. The number of nitrogens with zero attached hydrogens (tertiary/aromatic N) is 3. The lowest BCUT2D eigenvalue weighted by atomic mass is 10.1. The molecule has 1 aromatic heterocycles. The number of nitro benzene ring substituents is 1. The van der Waals surface area contributed by atoms with E-state index in [1.54, 1.807) is 0 Å². The zero-order valence-electron chi connectivity index (χ0n) is 8.60. The molecule has 0 amide bonds. The Balaban J connectivity index is 2.60. The van der Waals surface area contributed by atoms with Crippen molar-refractivity contribution < 1.29 is 18.1 Å². The summed E-state index contributed by atoms with van der Waals surface area (Å²) < 4.78 is 38.0. The van der Waals surface area contributed by atoms with E-state index in [1.165, 1.54) is 12.3 Å². The molecule has 0 spiro atoms. The van der Waals surface area contributed by atoms with Gasteiger partial charge in [-0.1, -0.05) is 0 Å². The van der Waals surface area contributed by atoms with Crippen LogP contribution in [0, 0.1) is 10.1 Å². The number of hydrogen-bond donors (Lipinski definition) is 1.